The molecule has 170 valence electrons. The number of unbranched alkanes of at least 4 members (excludes halogenated alkanes) is 1. The van der Waals surface area contributed by atoms with Gasteiger partial charge >= 0.3 is 0 Å². The summed E-state index contributed by atoms with van der Waals surface area (Å²) >= 11 is 0. The maximum atomic E-state index is 13.8. The summed E-state index contributed by atoms with van der Waals surface area (Å²) in [5.41, 5.74) is 6.18. The summed E-state index contributed by atoms with van der Waals surface area (Å²) in [4.78, 5) is 40.4. The van der Waals surface area contributed by atoms with E-state index in [1.165, 1.54) is 0 Å². The van der Waals surface area contributed by atoms with Crippen molar-refractivity contribution >= 4 is 23.2 Å². The Bertz CT molecular complexity index is 1040. The maximum Gasteiger partial charge on any atom is 0.221 e. The maximum absolute atomic E-state index is 13.8. The number of nitrogen functional groups attached to an aromatic ring is 1. The summed E-state index contributed by atoms with van der Waals surface area (Å²) in [5.74, 6) is -0.696. The fourth-order valence-corrected chi connectivity index (χ4v) is 4.08. The molecule has 32 heavy (non-hydrogen) atoms. The van der Waals surface area contributed by atoms with Crippen LogP contribution in [0.2, 0.25) is 0 Å². The first-order valence-corrected chi connectivity index (χ1v) is 11.3. The number of fused-ring (bicyclic) bond motifs is 1. The van der Waals surface area contributed by atoms with E-state index in [0.717, 1.165) is 18.4 Å². The molecule has 0 bridgehead atoms. The van der Waals surface area contributed by atoms with Gasteiger partial charge in [-0.15, -0.1) is 0 Å². The van der Waals surface area contributed by atoms with Crippen molar-refractivity contribution in [1.82, 2.24) is 5.32 Å². The third-order valence-corrected chi connectivity index (χ3v) is 5.89. The SMILES string of the molecule is CCCCOc1cc(C(C)C)ccc1C1(NC(=O)CCC)C(=O)c2cccc(N)c2C1=O. The Morgan fingerprint density at radius 3 is 2.47 bits per heavy atom. The van der Waals surface area contributed by atoms with Gasteiger partial charge in [0, 0.05) is 23.2 Å². The zero-order chi connectivity index (χ0) is 23.5. The smallest absolute Gasteiger partial charge is 0.221 e. The van der Waals surface area contributed by atoms with Crippen LogP contribution in [0.5, 0.6) is 5.75 Å². The Labute approximate surface area is 189 Å². The van der Waals surface area contributed by atoms with E-state index < -0.39 is 17.1 Å². The number of ether oxygens (including phenoxy) is 1. The van der Waals surface area contributed by atoms with Gasteiger partial charge in [-0.3, -0.25) is 14.4 Å². The van der Waals surface area contributed by atoms with Gasteiger partial charge in [0.25, 0.3) is 0 Å². The first-order valence-electron chi connectivity index (χ1n) is 11.3. The molecule has 0 saturated heterocycles. The normalized spacial score (nSPS) is 17.5. The van der Waals surface area contributed by atoms with E-state index >= 15 is 0 Å². The van der Waals surface area contributed by atoms with Crippen molar-refractivity contribution in [2.24, 2.45) is 0 Å². The zero-order valence-corrected chi connectivity index (χ0v) is 19.3. The summed E-state index contributed by atoms with van der Waals surface area (Å²) in [7, 11) is 0. The van der Waals surface area contributed by atoms with Crippen LogP contribution in [0.15, 0.2) is 36.4 Å². The van der Waals surface area contributed by atoms with Crippen LogP contribution in [0.3, 0.4) is 0 Å². The molecule has 1 aliphatic rings. The van der Waals surface area contributed by atoms with Crippen LogP contribution in [0.1, 0.15) is 91.1 Å². The highest BCUT2D eigenvalue weighted by molar-refractivity contribution is 6.35. The van der Waals surface area contributed by atoms with E-state index in [9.17, 15) is 14.4 Å². The number of hydrogen-bond acceptors (Lipinski definition) is 5. The molecule has 0 saturated carbocycles. The van der Waals surface area contributed by atoms with Gasteiger partial charge in [0.2, 0.25) is 17.5 Å². The van der Waals surface area contributed by atoms with Crippen molar-refractivity contribution in [2.45, 2.75) is 64.8 Å². The Morgan fingerprint density at radius 2 is 1.84 bits per heavy atom. The number of nitrogens with two attached hydrogens (primary N) is 1. The molecule has 1 atom stereocenters. The molecule has 0 fully saturated rings. The second kappa shape index (κ2) is 9.55. The van der Waals surface area contributed by atoms with Crippen molar-refractivity contribution in [1.29, 1.82) is 0 Å². The predicted octanol–water partition coefficient (Wildman–Crippen LogP) is 4.76. The lowest BCUT2D eigenvalue weighted by Crippen LogP contribution is -2.54. The predicted molar refractivity (Wildman–Crippen MR) is 125 cm³/mol. The van der Waals surface area contributed by atoms with Crippen LogP contribution >= 0.6 is 0 Å². The number of amides is 1. The van der Waals surface area contributed by atoms with Gasteiger partial charge < -0.3 is 15.8 Å². The molecular formula is C26H32N2O4. The quantitative estimate of drug-likeness (QED) is 0.335. The molecule has 6 nitrogen and oxygen atoms in total. The number of hydrogen-bond donors (Lipinski definition) is 2. The van der Waals surface area contributed by atoms with Crippen LogP contribution in [0.25, 0.3) is 0 Å². The average molecular weight is 437 g/mol. The van der Waals surface area contributed by atoms with Gasteiger partial charge in [0.15, 0.2) is 5.54 Å². The molecular weight excluding hydrogens is 404 g/mol. The van der Waals surface area contributed by atoms with Crippen LogP contribution in [-0.4, -0.2) is 24.1 Å². The molecule has 2 aromatic carbocycles. The summed E-state index contributed by atoms with van der Waals surface area (Å²) in [6.07, 6.45) is 2.56. The molecule has 2 aromatic rings. The van der Waals surface area contributed by atoms with E-state index in [4.69, 9.17) is 10.5 Å². The Morgan fingerprint density at radius 1 is 1.09 bits per heavy atom. The topological polar surface area (TPSA) is 98.5 Å². The van der Waals surface area contributed by atoms with Crippen molar-refractivity contribution < 1.29 is 19.1 Å². The van der Waals surface area contributed by atoms with E-state index in [1.54, 1.807) is 24.3 Å². The van der Waals surface area contributed by atoms with Gasteiger partial charge in [-0.05, 0) is 36.5 Å². The number of carbonyl (C=O) groups is 3. The van der Waals surface area contributed by atoms with Crippen LogP contribution in [-0.2, 0) is 10.3 Å². The molecule has 0 aliphatic heterocycles. The zero-order valence-electron chi connectivity index (χ0n) is 19.3. The number of Topliss-reactive ketones (excluding diaryl/α,β-unsaturated/α-hetero) is 2. The fraction of sp³-hybridized carbons (Fsp3) is 0.423. The molecule has 6 heteroatoms. The highest BCUT2D eigenvalue weighted by Gasteiger charge is 2.57. The largest absolute Gasteiger partial charge is 0.493 e. The van der Waals surface area contributed by atoms with Crippen molar-refractivity contribution in [3.63, 3.8) is 0 Å². The molecule has 0 radical (unpaired) electrons. The molecule has 1 unspecified atom stereocenters. The summed E-state index contributed by atoms with van der Waals surface area (Å²) in [6.45, 7) is 8.50. The highest BCUT2D eigenvalue weighted by atomic mass is 16.5. The molecule has 0 spiro atoms. The highest BCUT2D eigenvalue weighted by Crippen LogP contribution is 2.44. The summed E-state index contributed by atoms with van der Waals surface area (Å²) in [5, 5.41) is 2.79. The minimum atomic E-state index is -1.89. The lowest BCUT2D eigenvalue weighted by molar-refractivity contribution is -0.122. The first kappa shape index (κ1) is 23.5. The van der Waals surface area contributed by atoms with Crippen LogP contribution < -0.4 is 15.8 Å². The van der Waals surface area contributed by atoms with Crippen molar-refractivity contribution in [2.75, 3.05) is 12.3 Å². The second-order valence-electron chi connectivity index (χ2n) is 8.59. The molecule has 1 aliphatic carbocycles. The van der Waals surface area contributed by atoms with Gasteiger partial charge in [0.1, 0.15) is 5.75 Å². The van der Waals surface area contributed by atoms with Crippen LogP contribution in [0.4, 0.5) is 5.69 Å². The van der Waals surface area contributed by atoms with Gasteiger partial charge in [-0.25, -0.2) is 0 Å². The number of nitrogens with one attached hydrogen (secondary N) is 1. The molecule has 0 aromatic heterocycles. The summed E-state index contributed by atoms with van der Waals surface area (Å²) < 4.78 is 6.09. The number of anilines is 1. The minimum Gasteiger partial charge on any atom is -0.493 e. The summed E-state index contributed by atoms with van der Waals surface area (Å²) in [6, 6.07) is 10.3. The van der Waals surface area contributed by atoms with Crippen molar-refractivity contribution in [3.8, 4) is 5.75 Å². The molecule has 3 rings (SSSR count). The van der Waals surface area contributed by atoms with Crippen molar-refractivity contribution in [3.05, 3.63) is 58.7 Å². The fourth-order valence-electron chi connectivity index (χ4n) is 4.08. The average Bonchev–Trinajstić information content (AvgIpc) is 2.97. The second-order valence-corrected chi connectivity index (χ2v) is 8.59. The van der Waals surface area contributed by atoms with E-state index in [1.807, 2.05) is 19.1 Å². The number of benzene rings is 2. The third kappa shape index (κ3) is 4.01. The Balaban J connectivity index is 2.24. The van der Waals surface area contributed by atoms with E-state index in [0.29, 0.717) is 24.3 Å². The first-order chi connectivity index (χ1) is 15.3. The van der Waals surface area contributed by atoms with Crippen LogP contribution in [0, 0.1) is 0 Å². The monoisotopic (exact) mass is 436 g/mol. The molecule has 3 N–H and O–H groups in total. The lowest BCUT2D eigenvalue weighted by Gasteiger charge is -2.30. The number of rotatable bonds is 9. The number of carbonyl (C=O) groups excluding carboxylic acids is 3. The molecule has 0 heterocycles. The minimum absolute atomic E-state index is 0.154. The Hall–Kier alpha value is -3.15. The van der Waals surface area contributed by atoms with Gasteiger partial charge in [0.05, 0.1) is 12.2 Å². The standard InChI is InChI=1S/C26H32N2O4/c1-5-7-14-32-21-15-17(16(3)4)12-13-19(21)26(28-22(29)9-6-2)24(30)18-10-8-11-20(27)23(18)25(26)31/h8,10-13,15-16H,5-7,9,14,27H2,1-4H3,(H,28,29). The van der Waals surface area contributed by atoms with Gasteiger partial charge in [-0.2, -0.15) is 0 Å². The lowest BCUT2D eigenvalue weighted by atomic mass is 9.82. The third-order valence-electron chi connectivity index (χ3n) is 5.89. The number of ketones is 2. The van der Waals surface area contributed by atoms with Gasteiger partial charge in [-0.1, -0.05) is 58.4 Å². The van der Waals surface area contributed by atoms with E-state index in [2.05, 4.69) is 26.1 Å². The van der Waals surface area contributed by atoms with E-state index in [-0.39, 0.29) is 35.1 Å². The Kier molecular flexibility index (Phi) is 7.02. The molecule has 1 amide bonds.